The highest BCUT2D eigenvalue weighted by Crippen LogP contribution is 2.38. The Labute approximate surface area is 198 Å². The van der Waals surface area contributed by atoms with Crippen LogP contribution in [0.5, 0.6) is 0 Å². The zero-order valence-electron chi connectivity index (χ0n) is 19.7. The van der Waals surface area contributed by atoms with E-state index in [4.69, 9.17) is 4.74 Å². The number of amides is 2. The minimum Gasteiger partial charge on any atom is -0.481 e. The fourth-order valence-corrected chi connectivity index (χ4v) is 4.83. The minimum atomic E-state index is -1.01. The largest absolute Gasteiger partial charge is 0.481 e. The maximum Gasteiger partial charge on any atom is 0.308 e. The van der Waals surface area contributed by atoms with Crippen LogP contribution in [-0.4, -0.2) is 65.2 Å². The molecule has 0 aromatic carbocycles. The van der Waals surface area contributed by atoms with Crippen LogP contribution in [-0.2, 0) is 36.9 Å². The lowest BCUT2D eigenvalue weighted by Crippen LogP contribution is -2.55. The Morgan fingerprint density at radius 1 is 1.35 bits per heavy atom. The summed E-state index contributed by atoms with van der Waals surface area (Å²) in [6.07, 6.45) is 3.78. The first-order chi connectivity index (χ1) is 16.3. The van der Waals surface area contributed by atoms with Crippen molar-refractivity contribution in [2.45, 2.75) is 70.5 Å². The van der Waals surface area contributed by atoms with Gasteiger partial charge in [0.2, 0.25) is 11.8 Å². The summed E-state index contributed by atoms with van der Waals surface area (Å²) in [6, 6.07) is 0.615. The van der Waals surface area contributed by atoms with Gasteiger partial charge in [0.1, 0.15) is 18.4 Å². The Morgan fingerprint density at radius 3 is 2.79 bits per heavy atom. The molecule has 34 heavy (non-hydrogen) atoms. The average molecular weight is 480 g/mol. The van der Waals surface area contributed by atoms with Crippen molar-refractivity contribution in [2.24, 2.45) is 11.8 Å². The summed E-state index contributed by atoms with van der Waals surface area (Å²) < 4.78 is 19.2. The third-order valence-electron chi connectivity index (χ3n) is 6.87. The van der Waals surface area contributed by atoms with E-state index in [-0.39, 0.29) is 50.2 Å². The molecule has 0 radical (unpaired) electrons. The summed E-state index contributed by atoms with van der Waals surface area (Å²) in [5, 5.41) is 15.2. The molecule has 3 rings (SSSR count). The van der Waals surface area contributed by atoms with Crippen molar-refractivity contribution >= 4 is 23.6 Å². The number of carbonyl (C=O) groups is 4. The number of rotatable bonds is 11. The third kappa shape index (κ3) is 5.84. The molecule has 0 fully saturated rings. The Balaban J connectivity index is 1.74. The number of nitrogens with one attached hydrogen (secondary N) is 2. The number of Topliss-reactive ketones (excluding diaryl/α,β-unsaturated/α-hetero) is 1. The Kier molecular flexibility index (Phi) is 8.82. The van der Waals surface area contributed by atoms with Gasteiger partial charge >= 0.3 is 5.97 Å². The summed E-state index contributed by atoms with van der Waals surface area (Å²) in [6.45, 7) is 3.32. The van der Waals surface area contributed by atoms with Gasteiger partial charge in [-0.1, -0.05) is 20.3 Å². The van der Waals surface area contributed by atoms with Gasteiger partial charge in [0, 0.05) is 37.5 Å². The SMILES string of the molecule is CCC(C)C(NC(=O)COCCCF)C(=O)N[C@H]1CCc2ccn3c2C1C(=O)C[C@H](C(=O)O)C3. The van der Waals surface area contributed by atoms with E-state index < -0.39 is 42.5 Å². The maximum atomic E-state index is 13.3. The smallest absolute Gasteiger partial charge is 0.308 e. The molecule has 2 heterocycles. The number of aliphatic carboxylic acids is 1. The van der Waals surface area contributed by atoms with Gasteiger partial charge in [-0.2, -0.15) is 0 Å². The molecule has 1 aromatic rings. The average Bonchev–Trinajstić information content (AvgIpc) is 3.14. The summed E-state index contributed by atoms with van der Waals surface area (Å²) in [4.78, 5) is 50.4. The number of aromatic nitrogens is 1. The van der Waals surface area contributed by atoms with Crippen LogP contribution in [0.3, 0.4) is 0 Å². The fourth-order valence-electron chi connectivity index (χ4n) is 4.83. The van der Waals surface area contributed by atoms with Crippen LogP contribution in [0.4, 0.5) is 4.39 Å². The molecule has 10 heteroatoms. The zero-order valence-corrected chi connectivity index (χ0v) is 19.7. The van der Waals surface area contributed by atoms with E-state index in [2.05, 4.69) is 10.6 Å². The predicted molar refractivity (Wildman–Crippen MR) is 121 cm³/mol. The molecular formula is C24H34FN3O6. The number of carboxylic acid groups (broad SMARTS) is 1. The molecule has 3 N–H and O–H groups in total. The van der Waals surface area contributed by atoms with E-state index in [1.165, 1.54) is 0 Å². The van der Waals surface area contributed by atoms with Crippen LogP contribution in [0.1, 0.15) is 56.7 Å². The molecule has 3 unspecified atom stereocenters. The molecule has 1 aliphatic heterocycles. The monoisotopic (exact) mass is 479 g/mol. The number of carboxylic acids is 1. The molecule has 2 aliphatic rings. The number of aryl methyl sites for hydroxylation is 1. The molecule has 1 aliphatic carbocycles. The van der Waals surface area contributed by atoms with Crippen LogP contribution in [0.15, 0.2) is 12.3 Å². The van der Waals surface area contributed by atoms with Gasteiger partial charge in [0.25, 0.3) is 0 Å². The Hall–Kier alpha value is -2.75. The van der Waals surface area contributed by atoms with Crippen molar-refractivity contribution in [3.8, 4) is 0 Å². The summed E-state index contributed by atoms with van der Waals surface area (Å²) in [5.74, 6) is -3.65. The standard InChI is InChI=1S/C24H34FN3O6/c1-3-14(2)21(27-19(30)13-34-10-4-8-25)23(31)26-17-6-5-15-7-9-28-12-16(24(32)33)11-18(29)20(17)22(15)28/h7,9,14,16-17,20-21H,3-6,8,10-13H2,1-2H3,(H,26,31)(H,27,30)(H,32,33)/t14?,16-,17-,20?,21?/m0/s1. The number of alkyl halides is 1. The first-order valence-electron chi connectivity index (χ1n) is 11.9. The summed E-state index contributed by atoms with van der Waals surface area (Å²) in [7, 11) is 0. The topological polar surface area (TPSA) is 127 Å². The third-order valence-corrected chi connectivity index (χ3v) is 6.87. The maximum absolute atomic E-state index is 13.3. The highest BCUT2D eigenvalue weighted by atomic mass is 19.1. The minimum absolute atomic E-state index is 0.0881. The normalized spacial score (nSPS) is 23.4. The number of halogens is 1. The van der Waals surface area contributed by atoms with Crippen molar-refractivity contribution in [1.82, 2.24) is 15.2 Å². The highest BCUT2D eigenvalue weighted by Gasteiger charge is 2.43. The van der Waals surface area contributed by atoms with Gasteiger partial charge in [-0.15, -0.1) is 0 Å². The van der Waals surface area contributed by atoms with E-state index in [1.807, 2.05) is 30.7 Å². The molecule has 0 saturated heterocycles. The van der Waals surface area contributed by atoms with E-state index in [0.717, 1.165) is 11.3 Å². The lowest BCUT2D eigenvalue weighted by Gasteiger charge is -2.34. The van der Waals surface area contributed by atoms with Crippen LogP contribution < -0.4 is 10.6 Å². The molecule has 0 saturated carbocycles. The Bertz CT molecular complexity index is 917. The number of carbonyl (C=O) groups excluding carboxylic acids is 3. The number of hydrogen-bond acceptors (Lipinski definition) is 5. The van der Waals surface area contributed by atoms with Crippen LogP contribution in [0.25, 0.3) is 0 Å². The molecule has 188 valence electrons. The van der Waals surface area contributed by atoms with Gasteiger partial charge in [0.15, 0.2) is 0 Å². The van der Waals surface area contributed by atoms with E-state index in [1.54, 1.807) is 0 Å². The highest BCUT2D eigenvalue weighted by molar-refractivity contribution is 5.92. The molecular weight excluding hydrogens is 445 g/mol. The van der Waals surface area contributed by atoms with Gasteiger partial charge in [-0.05, 0) is 36.8 Å². The molecule has 2 amide bonds. The van der Waals surface area contributed by atoms with Crippen molar-refractivity contribution in [1.29, 1.82) is 0 Å². The molecule has 0 bridgehead atoms. The summed E-state index contributed by atoms with van der Waals surface area (Å²) >= 11 is 0. The molecule has 1 aromatic heterocycles. The Morgan fingerprint density at radius 2 is 2.12 bits per heavy atom. The van der Waals surface area contributed by atoms with Gasteiger partial charge in [-0.3, -0.25) is 23.6 Å². The molecule has 0 spiro atoms. The van der Waals surface area contributed by atoms with E-state index >= 15 is 0 Å². The number of ether oxygens (including phenoxy) is 1. The number of ketones is 1. The van der Waals surface area contributed by atoms with Crippen LogP contribution in [0, 0.1) is 11.8 Å². The second-order valence-corrected chi connectivity index (χ2v) is 9.24. The zero-order chi connectivity index (χ0) is 24.8. The lowest BCUT2D eigenvalue weighted by molar-refractivity contribution is -0.144. The number of nitrogens with zero attached hydrogens (tertiary/aromatic N) is 1. The van der Waals surface area contributed by atoms with Crippen LogP contribution in [0.2, 0.25) is 0 Å². The van der Waals surface area contributed by atoms with Gasteiger partial charge < -0.3 is 25.0 Å². The first kappa shape index (κ1) is 25.9. The van der Waals surface area contributed by atoms with Crippen LogP contribution >= 0.6 is 0 Å². The number of hydrogen-bond donors (Lipinski definition) is 3. The second-order valence-electron chi connectivity index (χ2n) is 9.24. The van der Waals surface area contributed by atoms with Crippen molar-refractivity contribution < 1.29 is 33.4 Å². The van der Waals surface area contributed by atoms with E-state index in [0.29, 0.717) is 19.3 Å². The predicted octanol–water partition coefficient (Wildman–Crippen LogP) is 1.58. The second kappa shape index (κ2) is 11.6. The first-order valence-corrected chi connectivity index (χ1v) is 11.9. The van der Waals surface area contributed by atoms with Gasteiger partial charge in [0.05, 0.1) is 18.5 Å². The molecule has 5 atom stereocenters. The van der Waals surface area contributed by atoms with Gasteiger partial charge in [-0.25, -0.2) is 0 Å². The van der Waals surface area contributed by atoms with Crippen molar-refractivity contribution in [3.05, 3.63) is 23.5 Å². The fraction of sp³-hybridized carbons (Fsp3) is 0.667. The lowest BCUT2D eigenvalue weighted by atomic mass is 9.79. The van der Waals surface area contributed by atoms with E-state index in [9.17, 15) is 28.7 Å². The summed E-state index contributed by atoms with van der Waals surface area (Å²) in [5.41, 5.74) is 1.79. The van der Waals surface area contributed by atoms with Crippen molar-refractivity contribution in [3.63, 3.8) is 0 Å². The van der Waals surface area contributed by atoms with Crippen molar-refractivity contribution in [2.75, 3.05) is 19.9 Å². The molecule has 9 nitrogen and oxygen atoms in total. The quantitative estimate of drug-likeness (QED) is 0.414.